The molecule has 0 atom stereocenters. The van der Waals surface area contributed by atoms with Gasteiger partial charge in [-0.3, -0.25) is 0 Å². The number of halogens is 1. The summed E-state index contributed by atoms with van der Waals surface area (Å²) in [5.41, 5.74) is 4.43. The molecule has 166 valence electrons. The number of rotatable bonds is 5. The van der Waals surface area contributed by atoms with Gasteiger partial charge in [-0.05, 0) is 85.2 Å². The van der Waals surface area contributed by atoms with E-state index in [1.807, 2.05) is 54.7 Å². The van der Waals surface area contributed by atoms with Crippen LogP contribution in [0.1, 0.15) is 17.7 Å². The van der Waals surface area contributed by atoms with Crippen LogP contribution < -0.4 is 15.5 Å². The minimum absolute atomic E-state index is 0.482. The summed E-state index contributed by atoms with van der Waals surface area (Å²) in [6, 6.07) is 24.0. The smallest absolute Gasteiger partial charge is 0.171 e. The molecule has 4 aromatic rings. The molecule has 33 heavy (non-hydrogen) atoms. The van der Waals surface area contributed by atoms with Crippen molar-refractivity contribution in [1.82, 2.24) is 10.3 Å². The number of nitrogens with zero attached hydrogens (tertiary/aromatic N) is 2. The van der Waals surface area contributed by atoms with Crippen molar-refractivity contribution in [1.29, 1.82) is 0 Å². The fourth-order valence-electron chi connectivity index (χ4n) is 3.98. The van der Waals surface area contributed by atoms with Crippen LogP contribution in [0.25, 0.3) is 11.3 Å². The molecule has 1 aliphatic heterocycles. The van der Waals surface area contributed by atoms with Crippen molar-refractivity contribution in [2.45, 2.75) is 19.4 Å². The highest BCUT2D eigenvalue weighted by atomic mass is 35.5. The molecule has 5 nitrogen and oxygen atoms in total. The van der Waals surface area contributed by atoms with E-state index in [1.54, 1.807) is 0 Å². The number of benzene rings is 2. The normalized spacial score (nSPS) is 12.8. The lowest BCUT2D eigenvalue weighted by Crippen LogP contribution is -2.28. The fourth-order valence-corrected chi connectivity index (χ4v) is 4.29. The van der Waals surface area contributed by atoms with Gasteiger partial charge in [0.2, 0.25) is 0 Å². The molecular formula is C26H23ClN4OS. The zero-order valence-electron chi connectivity index (χ0n) is 17.9. The van der Waals surface area contributed by atoms with E-state index >= 15 is 0 Å². The summed E-state index contributed by atoms with van der Waals surface area (Å²) in [4.78, 5) is 6.94. The predicted molar refractivity (Wildman–Crippen MR) is 138 cm³/mol. The minimum atomic E-state index is 0.482. The van der Waals surface area contributed by atoms with Crippen LogP contribution in [0.4, 0.5) is 17.2 Å². The lowest BCUT2D eigenvalue weighted by Gasteiger charge is -2.30. The Kier molecular flexibility index (Phi) is 6.28. The highest BCUT2D eigenvalue weighted by Gasteiger charge is 2.18. The maximum atomic E-state index is 5.95. The lowest BCUT2D eigenvalue weighted by atomic mass is 10.0. The van der Waals surface area contributed by atoms with Crippen LogP contribution in [-0.4, -0.2) is 16.6 Å². The van der Waals surface area contributed by atoms with Gasteiger partial charge in [0, 0.05) is 22.8 Å². The third-order valence-corrected chi connectivity index (χ3v) is 6.10. The molecule has 5 rings (SSSR count). The third-order valence-electron chi connectivity index (χ3n) is 5.61. The van der Waals surface area contributed by atoms with Crippen LogP contribution in [0.5, 0.6) is 0 Å². The Morgan fingerprint density at radius 1 is 1.03 bits per heavy atom. The molecule has 2 N–H and O–H groups in total. The summed E-state index contributed by atoms with van der Waals surface area (Å²) < 4.78 is 5.91. The van der Waals surface area contributed by atoms with Crippen molar-refractivity contribution in [3.8, 4) is 11.3 Å². The number of fused-ring (bicyclic) bond motifs is 1. The minimum Gasteiger partial charge on any atom is -0.459 e. The maximum Gasteiger partial charge on any atom is 0.171 e. The Hall–Kier alpha value is -3.35. The Balaban J connectivity index is 1.17. The summed E-state index contributed by atoms with van der Waals surface area (Å²) in [7, 11) is 0. The Morgan fingerprint density at radius 3 is 2.70 bits per heavy atom. The Bertz CT molecular complexity index is 1250. The zero-order valence-corrected chi connectivity index (χ0v) is 19.5. The van der Waals surface area contributed by atoms with E-state index in [0.29, 0.717) is 16.7 Å². The van der Waals surface area contributed by atoms with Crippen molar-refractivity contribution in [2.75, 3.05) is 16.8 Å². The monoisotopic (exact) mass is 474 g/mol. The van der Waals surface area contributed by atoms with E-state index < -0.39 is 0 Å². The number of hydrogen-bond acceptors (Lipinski definition) is 4. The van der Waals surface area contributed by atoms with Crippen LogP contribution in [-0.2, 0) is 13.0 Å². The second-order valence-electron chi connectivity index (χ2n) is 7.87. The van der Waals surface area contributed by atoms with Gasteiger partial charge < -0.3 is 20.0 Å². The molecule has 0 saturated heterocycles. The van der Waals surface area contributed by atoms with E-state index in [-0.39, 0.29) is 0 Å². The molecule has 0 saturated carbocycles. The van der Waals surface area contributed by atoms with Crippen LogP contribution in [0, 0.1) is 0 Å². The number of hydrogen-bond donors (Lipinski definition) is 2. The first-order valence-electron chi connectivity index (χ1n) is 10.9. The number of pyridine rings is 1. The average Bonchev–Trinajstić information content (AvgIpc) is 3.32. The fraction of sp³-hybridized carbons (Fsp3) is 0.154. The molecular weight excluding hydrogens is 452 g/mol. The number of para-hydroxylation sites is 1. The first-order valence-corrected chi connectivity index (χ1v) is 11.7. The van der Waals surface area contributed by atoms with E-state index in [9.17, 15) is 0 Å². The summed E-state index contributed by atoms with van der Waals surface area (Å²) in [6.45, 7) is 1.45. The van der Waals surface area contributed by atoms with Crippen molar-refractivity contribution in [3.63, 3.8) is 0 Å². The average molecular weight is 475 g/mol. The highest BCUT2D eigenvalue weighted by molar-refractivity contribution is 7.80. The molecule has 0 unspecified atom stereocenters. The Labute approximate surface area is 203 Å². The van der Waals surface area contributed by atoms with Crippen molar-refractivity contribution in [2.24, 2.45) is 0 Å². The van der Waals surface area contributed by atoms with Crippen LogP contribution in [0.2, 0.25) is 5.02 Å². The van der Waals surface area contributed by atoms with Crippen molar-refractivity contribution < 1.29 is 4.42 Å². The summed E-state index contributed by atoms with van der Waals surface area (Å²) in [6.07, 6.45) is 4.05. The van der Waals surface area contributed by atoms with E-state index in [1.165, 1.54) is 11.3 Å². The standard InChI is InChI=1S/C26H23ClN4OS/c27-20-9-7-19(8-10-20)24-13-12-22(32-24)17-29-26(33)30-21-11-14-25(28-16-21)31-15-3-5-18-4-1-2-6-23(18)31/h1-2,4,6-14,16H,3,5,15,17H2,(H2,29,30,33). The molecule has 7 heteroatoms. The molecule has 0 fully saturated rings. The molecule has 1 aliphatic rings. The number of furan rings is 1. The number of thiocarbonyl (C=S) groups is 1. The number of nitrogens with one attached hydrogen (secondary N) is 2. The summed E-state index contributed by atoms with van der Waals surface area (Å²) in [5, 5.41) is 7.58. The molecule has 3 heterocycles. The predicted octanol–water partition coefficient (Wildman–Crippen LogP) is 6.57. The van der Waals surface area contributed by atoms with E-state index in [2.05, 4.69) is 44.8 Å². The molecule has 2 aromatic carbocycles. The number of anilines is 3. The van der Waals surface area contributed by atoms with E-state index in [0.717, 1.165) is 48.0 Å². The van der Waals surface area contributed by atoms with Gasteiger partial charge in [0.25, 0.3) is 0 Å². The molecule has 0 amide bonds. The molecule has 0 spiro atoms. The molecule has 0 radical (unpaired) electrons. The molecule has 0 bridgehead atoms. The lowest BCUT2D eigenvalue weighted by molar-refractivity contribution is 0.516. The van der Waals surface area contributed by atoms with Gasteiger partial charge in [0.1, 0.15) is 17.3 Å². The van der Waals surface area contributed by atoms with Gasteiger partial charge in [0.05, 0.1) is 18.4 Å². The number of aryl methyl sites for hydroxylation is 1. The second kappa shape index (κ2) is 9.65. The van der Waals surface area contributed by atoms with Crippen molar-refractivity contribution >= 4 is 46.1 Å². The SMILES string of the molecule is S=C(NCc1ccc(-c2ccc(Cl)cc2)o1)Nc1ccc(N2CCCc3ccccc32)nc1. The van der Waals surface area contributed by atoms with Gasteiger partial charge in [0.15, 0.2) is 5.11 Å². The van der Waals surface area contributed by atoms with Gasteiger partial charge in [-0.2, -0.15) is 0 Å². The van der Waals surface area contributed by atoms with Gasteiger partial charge in [-0.1, -0.05) is 29.8 Å². The van der Waals surface area contributed by atoms with Crippen molar-refractivity contribution in [3.05, 3.63) is 95.3 Å². The van der Waals surface area contributed by atoms with Crippen LogP contribution in [0.3, 0.4) is 0 Å². The largest absolute Gasteiger partial charge is 0.459 e. The summed E-state index contributed by atoms with van der Waals surface area (Å²) in [5.74, 6) is 2.53. The number of aromatic nitrogens is 1. The first-order chi connectivity index (χ1) is 16.2. The van der Waals surface area contributed by atoms with Gasteiger partial charge in [-0.25, -0.2) is 4.98 Å². The van der Waals surface area contributed by atoms with Gasteiger partial charge in [-0.15, -0.1) is 0 Å². The van der Waals surface area contributed by atoms with Gasteiger partial charge >= 0.3 is 0 Å². The second-order valence-corrected chi connectivity index (χ2v) is 8.71. The highest BCUT2D eigenvalue weighted by Crippen LogP contribution is 2.32. The molecule has 2 aromatic heterocycles. The van der Waals surface area contributed by atoms with E-state index in [4.69, 9.17) is 28.2 Å². The first kappa shape index (κ1) is 21.5. The topological polar surface area (TPSA) is 53.3 Å². The Morgan fingerprint density at radius 2 is 1.88 bits per heavy atom. The summed E-state index contributed by atoms with van der Waals surface area (Å²) >= 11 is 11.4. The van der Waals surface area contributed by atoms with Crippen LogP contribution >= 0.6 is 23.8 Å². The quantitative estimate of drug-likeness (QED) is 0.319. The van der Waals surface area contributed by atoms with Crippen LogP contribution in [0.15, 0.2) is 83.4 Å². The molecule has 0 aliphatic carbocycles. The third kappa shape index (κ3) is 5.02. The maximum absolute atomic E-state index is 5.95. The zero-order chi connectivity index (χ0) is 22.6.